The van der Waals surface area contributed by atoms with Crippen LogP contribution in [0.3, 0.4) is 0 Å². The minimum absolute atomic E-state index is 0.148. The van der Waals surface area contributed by atoms with Gasteiger partial charge in [-0.15, -0.1) is 0 Å². The molecule has 256 valence electrons. The van der Waals surface area contributed by atoms with Crippen LogP contribution in [0.4, 0.5) is 0 Å². The number of hydrogen-bond donors (Lipinski definition) is 2. The van der Waals surface area contributed by atoms with Crippen LogP contribution >= 0.6 is 0 Å². The second-order valence-electron chi connectivity index (χ2n) is 11.8. The Balaban J connectivity index is 4.71. The molecule has 0 aliphatic carbocycles. The fourth-order valence-corrected chi connectivity index (χ4v) is 4.82. The Morgan fingerprint density at radius 2 is 1.02 bits per heavy atom. The molecule has 0 radical (unpaired) electrons. The zero-order valence-corrected chi connectivity index (χ0v) is 27.8. The Kier molecular flexibility index (Phi) is 27.3. The van der Waals surface area contributed by atoms with Crippen LogP contribution in [0, 0.1) is 0 Å². The number of carbonyl (C=O) groups is 5. The Bertz CT molecular complexity index is 787. The van der Waals surface area contributed by atoms with E-state index in [1.165, 1.54) is 71.1 Å². The van der Waals surface area contributed by atoms with E-state index in [1.807, 2.05) is 0 Å². The number of rotatable bonds is 30. The molecular formula is C34H61NO9. The van der Waals surface area contributed by atoms with E-state index in [0.29, 0.717) is 12.8 Å². The molecular weight excluding hydrogens is 566 g/mol. The van der Waals surface area contributed by atoms with E-state index in [0.717, 1.165) is 38.5 Å². The highest BCUT2D eigenvalue weighted by molar-refractivity contribution is 5.83. The van der Waals surface area contributed by atoms with Crippen molar-refractivity contribution in [2.45, 2.75) is 174 Å². The van der Waals surface area contributed by atoms with Crippen LogP contribution < -0.4 is 5.32 Å². The topological polar surface area (TPSA) is 145 Å². The van der Waals surface area contributed by atoms with Crippen molar-refractivity contribution in [3.8, 4) is 0 Å². The van der Waals surface area contributed by atoms with Gasteiger partial charge >= 0.3 is 23.9 Å². The van der Waals surface area contributed by atoms with Gasteiger partial charge in [-0.2, -0.15) is 0 Å². The van der Waals surface area contributed by atoms with Crippen molar-refractivity contribution >= 4 is 29.8 Å². The van der Waals surface area contributed by atoms with E-state index >= 15 is 0 Å². The second kappa shape index (κ2) is 29.1. The van der Waals surface area contributed by atoms with Gasteiger partial charge in [0.1, 0.15) is 19.3 Å². The first-order valence-corrected chi connectivity index (χ1v) is 17.2. The molecule has 0 saturated heterocycles. The smallest absolute Gasteiger partial charge is 0.328 e. The molecule has 0 aromatic rings. The summed E-state index contributed by atoms with van der Waals surface area (Å²) in [6.45, 7) is 4.97. The van der Waals surface area contributed by atoms with Gasteiger partial charge in [-0.1, -0.05) is 117 Å². The molecule has 1 amide bonds. The van der Waals surface area contributed by atoms with Crippen molar-refractivity contribution in [2.75, 3.05) is 13.2 Å². The zero-order valence-electron chi connectivity index (χ0n) is 27.8. The van der Waals surface area contributed by atoms with Gasteiger partial charge < -0.3 is 24.6 Å². The van der Waals surface area contributed by atoms with Crippen molar-refractivity contribution in [2.24, 2.45) is 0 Å². The second-order valence-corrected chi connectivity index (χ2v) is 11.8. The summed E-state index contributed by atoms with van der Waals surface area (Å²) in [4.78, 5) is 59.9. The molecule has 10 heteroatoms. The SMILES string of the molecule is CCCCCCCCCCCC(=O)OC[C@@H](COC(=O)[C@H](CCC(=O)O)NC(C)=O)OC(=O)CCCCCCCCCCC. The van der Waals surface area contributed by atoms with Gasteiger partial charge in [0.25, 0.3) is 0 Å². The minimum atomic E-state index is -1.16. The maximum absolute atomic E-state index is 12.6. The number of esters is 3. The van der Waals surface area contributed by atoms with Crippen molar-refractivity contribution < 1.29 is 43.3 Å². The van der Waals surface area contributed by atoms with E-state index in [9.17, 15) is 24.0 Å². The predicted octanol–water partition coefficient (Wildman–Crippen LogP) is 7.20. The van der Waals surface area contributed by atoms with Crippen molar-refractivity contribution in [1.29, 1.82) is 0 Å². The molecule has 0 bridgehead atoms. The molecule has 2 N–H and O–H groups in total. The van der Waals surface area contributed by atoms with Crippen LogP contribution in [0.5, 0.6) is 0 Å². The quantitative estimate of drug-likeness (QED) is 0.0480. The molecule has 0 aromatic carbocycles. The zero-order chi connectivity index (χ0) is 32.8. The van der Waals surface area contributed by atoms with Crippen molar-refractivity contribution in [3.05, 3.63) is 0 Å². The monoisotopic (exact) mass is 627 g/mol. The summed E-state index contributed by atoms with van der Waals surface area (Å²) in [7, 11) is 0. The largest absolute Gasteiger partial charge is 0.481 e. The first-order chi connectivity index (χ1) is 21.2. The highest BCUT2D eigenvalue weighted by atomic mass is 16.6. The number of amides is 1. The van der Waals surface area contributed by atoms with Crippen LogP contribution in [0.25, 0.3) is 0 Å². The maximum atomic E-state index is 12.6. The lowest BCUT2D eigenvalue weighted by molar-refractivity contribution is -0.168. The van der Waals surface area contributed by atoms with Gasteiger partial charge in [0.05, 0.1) is 0 Å². The average molecular weight is 628 g/mol. The Labute approximate surface area is 265 Å². The molecule has 2 atom stereocenters. The van der Waals surface area contributed by atoms with Crippen LogP contribution in [-0.4, -0.2) is 60.3 Å². The summed E-state index contributed by atoms with van der Waals surface area (Å²) in [6.07, 6.45) is 19.1. The maximum Gasteiger partial charge on any atom is 0.328 e. The lowest BCUT2D eigenvalue weighted by Gasteiger charge is -2.21. The van der Waals surface area contributed by atoms with Gasteiger partial charge in [-0.25, -0.2) is 4.79 Å². The van der Waals surface area contributed by atoms with Gasteiger partial charge in [0, 0.05) is 26.2 Å². The number of nitrogens with one attached hydrogen (secondary N) is 1. The van der Waals surface area contributed by atoms with E-state index in [1.54, 1.807) is 0 Å². The number of carboxylic acid groups (broad SMARTS) is 1. The highest BCUT2D eigenvalue weighted by Crippen LogP contribution is 2.13. The standard InChI is InChI=1S/C34H61NO9/c1-4-6-8-10-12-14-16-18-20-22-32(39)42-26-29(27-43-34(41)30(35-28(3)36)24-25-31(37)38)44-33(40)23-21-19-17-15-13-11-9-7-5-2/h29-30H,4-27H2,1-3H3,(H,35,36)(H,37,38)/t29-,30-/m0/s1. The molecule has 44 heavy (non-hydrogen) atoms. The molecule has 0 heterocycles. The minimum Gasteiger partial charge on any atom is -0.481 e. The van der Waals surface area contributed by atoms with Crippen LogP contribution in [0.1, 0.15) is 162 Å². The van der Waals surface area contributed by atoms with E-state index in [4.69, 9.17) is 19.3 Å². The van der Waals surface area contributed by atoms with Crippen molar-refractivity contribution in [3.63, 3.8) is 0 Å². The molecule has 0 fully saturated rings. The third-order valence-electron chi connectivity index (χ3n) is 7.42. The molecule has 0 aliphatic rings. The van der Waals surface area contributed by atoms with Gasteiger partial charge in [-0.3, -0.25) is 19.2 Å². The number of carboxylic acids is 1. The van der Waals surface area contributed by atoms with E-state index in [2.05, 4.69) is 19.2 Å². The van der Waals surface area contributed by atoms with E-state index < -0.39 is 41.9 Å². The summed E-state index contributed by atoms with van der Waals surface area (Å²) in [6, 6.07) is -1.16. The molecule has 10 nitrogen and oxygen atoms in total. The van der Waals surface area contributed by atoms with Crippen LogP contribution in [-0.2, 0) is 38.2 Å². The first-order valence-electron chi connectivity index (χ1n) is 17.2. The molecule has 0 saturated carbocycles. The van der Waals surface area contributed by atoms with Gasteiger partial charge in [-0.05, 0) is 19.3 Å². The number of ether oxygens (including phenoxy) is 3. The van der Waals surface area contributed by atoms with Crippen LogP contribution in [0.15, 0.2) is 0 Å². The Hall–Kier alpha value is -2.65. The average Bonchev–Trinajstić information content (AvgIpc) is 2.98. The molecule has 0 aliphatic heterocycles. The van der Waals surface area contributed by atoms with E-state index in [-0.39, 0.29) is 38.9 Å². The predicted molar refractivity (Wildman–Crippen MR) is 170 cm³/mol. The summed E-state index contributed by atoms with van der Waals surface area (Å²) in [5.41, 5.74) is 0. The highest BCUT2D eigenvalue weighted by Gasteiger charge is 2.25. The molecule has 0 aromatic heterocycles. The Morgan fingerprint density at radius 3 is 1.48 bits per heavy atom. The van der Waals surface area contributed by atoms with Crippen LogP contribution in [0.2, 0.25) is 0 Å². The number of unbranched alkanes of at least 4 members (excludes halogenated alkanes) is 16. The number of carbonyl (C=O) groups excluding carboxylic acids is 4. The lowest BCUT2D eigenvalue weighted by atomic mass is 10.1. The fraction of sp³-hybridized carbons (Fsp3) is 0.853. The molecule has 0 spiro atoms. The third kappa shape index (κ3) is 26.9. The lowest BCUT2D eigenvalue weighted by Crippen LogP contribution is -2.42. The Morgan fingerprint density at radius 1 is 0.591 bits per heavy atom. The molecule has 0 unspecified atom stereocenters. The first kappa shape index (κ1) is 41.4. The summed E-state index contributed by atoms with van der Waals surface area (Å²) >= 11 is 0. The van der Waals surface area contributed by atoms with Crippen molar-refractivity contribution in [1.82, 2.24) is 5.32 Å². The number of hydrogen-bond acceptors (Lipinski definition) is 8. The summed E-state index contributed by atoms with van der Waals surface area (Å²) in [5, 5.41) is 11.3. The fourth-order valence-electron chi connectivity index (χ4n) is 4.82. The number of aliphatic carboxylic acids is 1. The van der Waals surface area contributed by atoms with Gasteiger partial charge in [0.15, 0.2) is 6.10 Å². The molecule has 0 rings (SSSR count). The summed E-state index contributed by atoms with van der Waals surface area (Å²) < 4.78 is 16.1. The normalized spacial score (nSPS) is 12.2. The van der Waals surface area contributed by atoms with Gasteiger partial charge in [0.2, 0.25) is 5.91 Å². The third-order valence-corrected chi connectivity index (χ3v) is 7.42. The summed E-state index contributed by atoms with van der Waals surface area (Å²) in [5.74, 6) is -3.34.